The average Bonchev–Trinajstić information content (AvgIpc) is 2.56. The van der Waals surface area contributed by atoms with Gasteiger partial charge in [0, 0.05) is 11.5 Å². The third kappa shape index (κ3) is 5.22. The van der Waals surface area contributed by atoms with Crippen molar-refractivity contribution in [3.05, 3.63) is 71.8 Å². The number of amides is 1. The van der Waals surface area contributed by atoms with Crippen molar-refractivity contribution in [2.75, 3.05) is 6.54 Å². The Balaban J connectivity index is 1.89. The van der Waals surface area contributed by atoms with E-state index < -0.39 is 0 Å². The van der Waals surface area contributed by atoms with E-state index in [4.69, 9.17) is 0 Å². The van der Waals surface area contributed by atoms with E-state index in [2.05, 4.69) is 48.7 Å². The topological polar surface area (TPSA) is 45.7 Å². The second-order valence-corrected chi connectivity index (χ2v) is 6.32. The van der Waals surface area contributed by atoms with Gasteiger partial charge in [-0.1, -0.05) is 74.5 Å². The maximum absolute atomic E-state index is 12.2. The number of nitrogens with two attached hydrogens (primary N) is 1. The fourth-order valence-electron chi connectivity index (χ4n) is 2.83. The second-order valence-electron chi connectivity index (χ2n) is 6.32. The van der Waals surface area contributed by atoms with E-state index in [9.17, 15) is 4.79 Å². The van der Waals surface area contributed by atoms with Crippen molar-refractivity contribution in [3.63, 3.8) is 0 Å². The highest BCUT2D eigenvalue weighted by Gasteiger charge is 2.20. The van der Waals surface area contributed by atoms with Gasteiger partial charge in [0.15, 0.2) is 6.54 Å². The molecule has 0 heterocycles. The highest BCUT2D eigenvalue weighted by Crippen LogP contribution is 2.16. The minimum absolute atomic E-state index is 0.0336. The molecule has 23 heavy (non-hydrogen) atoms. The van der Waals surface area contributed by atoms with Crippen LogP contribution in [0.3, 0.4) is 0 Å². The van der Waals surface area contributed by atoms with Crippen LogP contribution in [-0.4, -0.2) is 12.5 Å². The van der Waals surface area contributed by atoms with Gasteiger partial charge in [-0.2, -0.15) is 0 Å². The summed E-state index contributed by atoms with van der Waals surface area (Å²) < 4.78 is 0. The summed E-state index contributed by atoms with van der Waals surface area (Å²) in [6, 6.07) is 20.8. The summed E-state index contributed by atoms with van der Waals surface area (Å²) in [5.41, 5.74) is 2.40. The summed E-state index contributed by atoms with van der Waals surface area (Å²) in [6.45, 7) is 6.84. The third-order valence-corrected chi connectivity index (χ3v) is 4.14. The molecule has 1 amide bonds. The van der Waals surface area contributed by atoms with Gasteiger partial charge in [0.25, 0.3) is 5.91 Å². The highest BCUT2D eigenvalue weighted by atomic mass is 16.1. The largest absolute Gasteiger partial charge is 0.345 e. The second kappa shape index (κ2) is 8.49. The van der Waals surface area contributed by atoms with Crippen LogP contribution in [-0.2, 0) is 4.79 Å². The van der Waals surface area contributed by atoms with Gasteiger partial charge in [-0.25, -0.2) is 0 Å². The normalized spacial score (nSPS) is 13.6. The van der Waals surface area contributed by atoms with Gasteiger partial charge < -0.3 is 10.6 Å². The van der Waals surface area contributed by atoms with Crippen LogP contribution >= 0.6 is 0 Å². The van der Waals surface area contributed by atoms with Crippen molar-refractivity contribution in [1.29, 1.82) is 0 Å². The Labute approximate surface area is 139 Å². The summed E-state index contributed by atoms with van der Waals surface area (Å²) in [6.07, 6.45) is 0. The van der Waals surface area contributed by atoms with E-state index in [1.165, 1.54) is 5.56 Å². The molecule has 3 heteroatoms. The fraction of sp³-hybridized carbons (Fsp3) is 0.350. The minimum Gasteiger partial charge on any atom is -0.345 e. The molecule has 0 radical (unpaired) electrons. The van der Waals surface area contributed by atoms with E-state index >= 15 is 0 Å². The quantitative estimate of drug-likeness (QED) is 0.811. The lowest BCUT2D eigenvalue weighted by atomic mass is 9.96. The first-order chi connectivity index (χ1) is 11.1. The molecule has 0 aliphatic rings. The number of hydrogen-bond donors (Lipinski definition) is 2. The third-order valence-electron chi connectivity index (χ3n) is 4.14. The summed E-state index contributed by atoms with van der Waals surface area (Å²) in [4.78, 5) is 12.2. The van der Waals surface area contributed by atoms with Crippen LogP contribution < -0.4 is 10.6 Å². The predicted octanol–water partition coefficient (Wildman–Crippen LogP) is 2.82. The molecule has 0 aliphatic heterocycles. The Kier molecular flexibility index (Phi) is 6.36. The molecule has 2 rings (SSSR count). The van der Waals surface area contributed by atoms with Gasteiger partial charge in [-0.05, 0) is 12.5 Å². The van der Waals surface area contributed by atoms with Crippen molar-refractivity contribution >= 4 is 5.91 Å². The van der Waals surface area contributed by atoms with E-state index in [1.807, 2.05) is 43.3 Å². The maximum atomic E-state index is 12.2. The molecule has 0 aromatic heterocycles. The molecule has 2 aromatic rings. The Bertz CT molecular complexity index is 596. The Morgan fingerprint density at radius 1 is 0.913 bits per heavy atom. The van der Waals surface area contributed by atoms with Gasteiger partial charge in [-0.15, -0.1) is 0 Å². The van der Waals surface area contributed by atoms with Gasteiger partial charge in [0.05, 0.1) is 6.04 Å². The molecule has 3 N–H and O–H groups in total. The summed E-state index contributed by atoms with van der Waals surface area (Å²) in [5.74, 6) is 0.541. The van der Waals surface area contributed by atoms with Crippen LogP contribution in [0.15, 0.2) is 60.7 Å². The van der Waals surface area contributed by atoms with Crippen molar-refractivity contribution in [2.45, 2.75) is 32.9 Å². The zero-order chi connectivity index (χ0) is 16.7. The van der Waals surface area contributed by atoms with Crippen LogP contribution in [0.5, 0.6) is 0 Å². The van der Waals surface area contributed by atoms with Crippen LogP contribution in [0.4, 0.5) is 0 Å². The smallest absolute Gasteiger partial charge is 0.275 e. The van der Waals surface area contributed by atoms with Crippen molar-refractivity contribution in [3.8, 4) is 0 Å². The molecule has 2 aromatic carbocycles. The lowest BCUT2D eigenvalue weighted by Gasteiger charge is -2.20. The van der Waals surface area contributed by atoms with Crippen molar-refractivity contribution in [1.82, 2.24) is 5.32 Å². The number of quaternary nitrogens is 1. The van der Waals surface area contributed by atoms with E-state index in [0.29, 0.717) is 18.5 Å². The summed E-state index contributed by atoms with van der Waals surface area (Å²) >= 11 is 0. The molecule has 122 valence electrons. The van der Waals surface area contributed by atoms with Crippen LogP contribution in [0.2, 0.25) is 0 Å². The zero-order valence-electron chi connectivity index (χ0n) is 14.2. The van der Waals surface area contributed by atoms with Gasteiger partial charge in [0.2, 0.25) is 0 Å². The van der Waals surface area contributed by atoms with Crippen LogP contribution in [0.1, 0.15) is 44.0 Å². The molecule has 0 saturated heterocycles. The molecule has 0 spiro atoms. The molecule has 3 nitrogen and oxygen atoms in total. The molecule has 0 bridgehead atoms. The SMILES string of the molecule is CC(C)[C@@H]([NH2+]CC(=O)N[C@@H](C)c1ccccc1)c1ccccc1. The minimum atomic E-state index is 0.0336. The van der Waals surface area contributed by atoms with E-state index in [-0.39, 0.29) is 11.9 Å². The molecule has 0 unspecified atom stereocenters. The molecule has 0 fully saturated rings. The maximum Gasteiger partial charge on any atom is 0.275 e. The predicted molar refractivity (Wildman–Crippen MR) is 93.8 cm³/mol. The lowest BCUT2D eigenvalue weighted by molar-refractivity contribution is -0.692. The number of benzene rings is 2. The van der Waals surface area contributed by atoms with Crippen molar-refractivity contribution in [2.24, 2.45) is 5.92 Å². The van der Waals surface area contributed by atoms with Crippen LogP contribution in [0.25, 0.3) is 0 Å². The number of nitrogens with one attached hydrogen (secondary N) is 1. The molecule has 2 atom stereocenters. The van der Waals surface area contributed by atoms with Crippen LogP contribution in [0, 0.1) is 5.92 Å². The molecular weight excluding hydrogens is 284 g/mol. The highest BCUT2D eigenvalue weighted by molar-refractivity contribution is 5.77. The zero-order valence-corrected chi connectivity index (χ0v) is 14.2. The van der Waals surface area contributed by atoms with E-state index in [1.54, 1.807) is 0 Å². The lowest BCUT2D eigenvalue weighted by Crippen LogP contribution is -2.88. The molecule has 0 aliphatic carbocycles. The first kappa shape index (κ1) is 17.2. The number of carbonyl (C=O) groups excluding carboxylic acids is 1. The molecular formula is C20H27N2O+. The monoisotopic (exact) mass is 311 g/mol. The molecule has 0 saturated carbocycles. The van der Waals surface area contributed by atoms with E-state index in [0.717, 1.165) is 5.56 Å². The average molecular weight is 311 g/mol. The Morgan fingerprint density at radius 2 is 1.43 bits per heavy atom. The van der Waals surface area contributed by atoms with Gasteiger partial charge in [0.1, 0.15) is 6.04 Å². The Morgan fingerprint density at radius 3 is 1.96 bits per heavy atom. The standard InChI is InChI=1S/C20H26N2O/c1-15(2)20(18-12-8-5-9-13-18)21-14-19(23)22-16(3)17-10-6-4-7-11-17/h4-13,15-16,20-21H,14H2,1-3H3,(H,22,23)/p+1/t16-,20+/m0/s1. The van der Waals surface area contributed by atoms with Crippen molar-refractivity contribution < 1.29 is 10.1 Å². The van der Waals surface area contributed by atoms with Gasteiger partial charge in [-0.3, -0.25) is 4.79 Å². The number of hydrogen-bond acceptors (Lipinski definition) is 1. The first-order valence-electron chi connectivity index (χ1n) is 8.30. The summed E-state index contributed by atoms with van der Waals surface area (Å²) in [7, 11) is 0. The summed E-state index contributed by atoms with van der Waals surface area (Å²) in [5, 5.41) is 5.20. The Hall–Kier alpha value is -2.13. The number of carbonyl (C=O) groups is 1. The number of rotatable bonds is 7. The fourth-order valence-corrected chi connectivity index (χ4v) is 2.83. The van der Waals surface area contributed by atoms with Gasteiger partial charge >= 0.3 is 0 Å². The first-order valence-corrected chi connectivity index (χ1v) is 8.30.